The topological polar surface area (TPSA) is 47.6 Å². The smallest absolute Gasteiger partial charge is 0.231 e. The van der Waals surface area contributed by atoms with Gasteiger partial charge in [-0.1, -0.05) is 18.2 Å². The van der Waals surface area contributed by atoms with Crippen molar-refractivity contribution in [1.82, 2.24) is 5.32 Å². The maximum absolute atomic E-state index is 13.2. The quantitative estimate of drug-likeness (QED) is 0.729. The number of halogens is 2. The van der Waals surface area contributed by atoms with Gasteiger partial charge in [-0.2, -0.15) is 0 Å². The second-order valence-corrected chi connectivity index (χ2v) is 6.54. The number of hydrogen-bond acceptors (Lipinski definition) is 4. The van der Waals surface area contributed by atoms with E-state index in [1.165, 1.54) is 12.1 Å². The van der Waals surface area contributed by atoms with E-state index >= 15 is 0 Å². The van der Waals surface area contributed by atoms with Crippen molar-refractivity contribution in [3.63, 3.8) is 0 Å². The Hall–Kier alpha value is -2.18. The van der Waals surface area contributed by atoms with Crippen molar-refractivity contribution >= 4 is 27.8 Å². The minimum Gasteiger partial charge on any atom is -0.454 e. The molecule has 0 amide bonds. The van der Waals surface area contributed by atoms with Crippen LogP contribution < -0.4 is 14.8 Å². The molecule has 0 saturated carbocycles. The Morgan fingerprint density at radius 2 is 2.08 bits per heavy atom. The second-order valence-electron chi connectivity index (χ2n) is 5.69. The SMILES string of the molecule is CC(NCC(=O)/C=C/c1ccc(F)c(Br)c1)c1ccc2c(c1)OCO2. The van der Waals surface area contributed by atoms with Crippen LogP contribution in [0.15, 0.2) is 46.9 Å². The first-order valence-corrected chi connectivity index (χ1v) is 8.61. The molecule has 1 aliphatic rings. The maximum atomic E-state index is 13.2. The van der Waals surface area contributed by atoms with E-state index in [0.717, 1.165) is 22.6 Å². The summed E-state index contributed by atoms with van der Waals surface area (Å²) in [5, 5.41) is 3.18. The summed E-state index contributed by atoms with van der Waals surface area (Å²) in [6.45, 7) is 2.42. The lowest BCUT2D eigenvalue weighted by atomic mass is 10.1. The number of fused-ring (bicyclic) bond motifs is 1. The highest BCUT2D eigenvalue weighted by Gasteiger charge is 2.15. The molecule has 2 aromatic rings. The zero-order valence-corrected chi connectivity index (χ0v) is 15.2. The molecular weight excluding hydrogens is 389 g/mol. The Morgan fingerprint density at radius 3 is 2.88 bits per heavy atom. The standard InChI is InChI=1S/C19H17BrFNO3/c1-12(14-4-7-18-19(9-14)25-11-24-18)22-10-15(23)5-2-13-3-6-17(21)16(20)8-13/h2-9,12,22H,10-11H2,1H3/b5-2+. The molecule has 2 aromatic carbocycles. The predicted octanol–water partition coefficient (Wildman–Crippen LogP) is 4.25. The molecular formula is C19H17BrFNO3. The molecule has 1 aliphatic heterocycles. The van der Waals surface area contributed by atoms with Gasteiger partial charge in [0, 0.05) is 6.04 Å². The van der Waals surface area contributed by atoms with Gasteiger partial charge in [0.2, 0.25) is 6.79 Å². The van der Waals surface area contributed by atoms with Crippen LogP contribution in [-0.4, -0.2) is 19.1 Å². The number of nitrogens with one attached hydrogen (secondary N) is 1. The second kappa shape index (κ2) is 7.80. The van der Waals surface area contributed by atoms with Gasteiger partial charge in [-0.25, -0.2) is 4.39 Å². The summed E-state index contributed by atoms with van der Waals surface area (Å²) in [7, 11) is 0. The van der Waals surface area contributed by atoms with Crippen LogP contribution in [0.1, 0.15) is 24.1 Å². The van der Waals surface area contributed by atoms with Crippen molar-refractivity contribution in [3.8, 4) is 11.5 Å². The van der Waals surface area contributed by atoms with Crippen LogP contribution in [0.5, 0.6) is 11.5 Å². The van der Waals surface area contributed by atoms with E-state index in [2.05, 4.69) is 21.2 Å². The molecule has 130 valence electrons. The molecule has 3 rings (SSSR count). The fourth-order valence-corrected chi connectivity index (χ4v) is 2.81. The molecule has 0 fully saturated rings. The lowest BCUT2D eigenvalue weighted by Crippen LogP contribution is -2.24. The maximum Gasteiger partial charge on any atom is 0.231 e. The third kappa shape index (κ3) is 4.46. The predicted molar refractivity (Wildman–Crippen MR) is 97.1 cm³/mol. The summed E-state index contributed by atoms with van der Waals surface area (Å²) in [4.78, 5) is 12.0. The number of ketones is 1. The average Bonchev–Trinajstić information content (AvgIpc) is 3.08. The number of rotatable bonds is 6. The van der Waals surface area contributed by atoms with Crippen LogP contribution in [-0.2, 0) is 4.79 Å². The summed E-state index contributed by atoms with van der Waals surface area (Å²) in [5.74, 6) is 1.07. The van der Waals surface area contributed by atoms with Crippen LogP contribution in [0.25, 0.3) is 6.08 Å². The Bertz CT molecular complexity index is 822. The van der Waals surface area contributed by atoms with Crippen molar-refractivity contribution in [2.45, 2.75) is 13.0 Å². The summed E-state index contributed by atoms with van der Waals surface area (Å²) in [5.41, 5.74) is 1.77. The largest absolute Gasteiger partial charge is 0.454 e. The van der Waals surface area contributed by atoms with Crippen LogP contribution in [0.4, 0.5) is 4.39 Å². The Balaban J connectivity index is 1.54. The molecule has 1 atom stereocenters. The summed E-state index contributed by atoms with van der Waals surface area (Å²) >= 11 is 3.12. The Morgan fingerprint density at radius 1 is 1.28 bits per heavy atom. The highest BCUT2D eigenvalue weighted by molar-refractivity contribution is 9.10. The summed E-state index contributed by atoms with van der Waals surface area (Å²) < 4.78 is 24.2. The van der Waals surface area contributed by atoms with E-state index < -0.39 is 0 Å². The van der Waals surface area contributed by atoms with Crippen LogP contribution in [0.3, 0.4) is 0 Å². The lowest BCUT2D eigenvalue weighted by molar-refractivity contribution is -0.113. The number of carbonyl (C=O) groups is 1. The van der Waals surface area contributed by atoms with Gasteiger partial charge in [0.1, 0.15) is 5.82 Å². The molecule has 1 N–H and O–H groups in total. The first kappa shape index (κ1) is 17.6. The molecule has 1 heterocycles. The normalized spacial score (nSPS) is 14.0. The van der Waals surface area contributed by atoms with Gasteiger partial charge in [0.05, 0.1) is 11.0 Å². The number of hydrogen-bond donors (Lipinski definition) is 1. The third-order valence-corrected chi connectivity index (χ3v) is 4.49. The van der Waals surface area contributed by atoms with E-state index in [1.54, 1.807) is 18.2 Å². The van der Waals surface area contributed by atoms with Gasteiger partial charge in [-0.3, -0.25) is 4.79 Å². The number of carbonyl (C=O) groups excluding carboxylic acids is 1. The highest BCUT2D eigenvalue weighted by atomic mass is 79.9. The fourth-order valence-electron chi connectivity index (χ4n) is 2.42. The number of ether oxygens (including phenoxy) is 2. The Kier molecular flexibility index (Phi) is 5.50. The van der Waals surface area contributed by atoms with Gasteiger partial charge in [0.15, 0.2) is 17.3 Å². The van der Waals surface area contributed by atoms with Gasteiger partial charge in [0.25, 0.3) is 0 Å². The van der Waals surface area contributed by atoms with Crippen molar-refractivity contribution in [1.29, 1.82) is 0 Å². The van der Waals surface area contributed by atoms with E-state index in [-0.39, 0.29) is 31.0 Å². The van der Waals surface area contributed by atoms with Gasteiger partial charge < -0.3 is 14.8 Å². The highest BCUT2D eigenvalue weighted by Crippen LogP contribution is 2.34. The van der Waals surface area contributed by atoms with Crippen molar-refractivity contribution < 1.29 is 18.7 Å². The lowest BCUT2D eigenvalue weighted by Gasteiger charge is -2.13. The molecule has 6 heteroatoms. The molecule has 0 aliphatic carbocycles. The Labute approximate surface area is 153 Å². The first-order valence-electron chi connectivity index (χ1n) is 7.82. The summed E-state index contributed by atoms with van der Waals surface area (Å²) in [6, 6.07) is 10.3. The zero-order valence-electron chi connectivity index (χ0n) is 13.6. The van der Waals surface area contributed by atoms with Gasteiger partial charge >= 0.3 is 0 Å². The van der Waals surface area contributed by atoms with E-state index in [9.17, 15) is 9.18 Å². The monoisotopic (exact) mass is 405 g/mol. The fraction of sp³-hybridized carbons (Fsp3) is 0.211. The first-order chi connectivity index (χ1) is 12.0. The molecule has 0 aromatic heterocycles. The molecule has 0 saturated heterocycles. The minimum atomic E-state index is -0.331. The third-order valence-electron chi connectivity index (χ3n) is 3.88. The van der Waals surface area contributed by atoms with Crippen molar-refractivity contribution in [2.75, 3.05) is 13.3 Å². The minimum absolute atomic E-state index is 0.00758. The summed E-state index contributed by atoms with van der Waals surface area (Å²) in [6.07, 6.45) is 3.15. The average molecular weight is 406 g/mol. The van der Waals surface area contributed by atoms with E-state index in [1.807, 2.05) is 25.1 Å². The van der Waals surface area contributed by atoms with Gasteiger partial charge in [-0.15, -0.1) is 0 Å². The molecule has 4 nitrogen and oxygen atoms in total. The molecule has 0 spiro atoms. The zero-order chi connectivity index (χ0) is 17.8. The van der Waals surface area contributed by atoms with Crippen LogP contribution >= 0.6 is 15.9 Å². The molecule has 0 bridgehead atoms. The molecule has 25 heavy (non-hydrogen) atoms. The van der Waals surface area contributed by atoms with Crippen molar-refractivity contribution in [3.05, 3.63) is 63.9 Å². The molecule has 1 unspecified atom stereocenters. The van der Waals surface area contributed by atoms with Crippen molar-refractivity contribution in [2.24, 2.45) is 0 Å². The van der Waals surface area contributed by atoms with Crippen LogP contribution in [0.2, 0.25) is 0 Å². The molecule has 0 radical (unpaired) electrons. The van der Waals surface area contributed by atoms with E-state index in [4.69, 9.17) is 9.47 Å². The van der Waals surface area contributed by atoms with Crippen LogP contribution in [0, 0.1) is 5.82 Å². The van der Waals surface area contributed by atoms with Gasteiger partial charge in [-0.05, 0) is 64.3 Å². The van der Waals surface area contributed by atoms with E-state index in [0.29, 0.717) is 4.47 Å². The number of benzene rings is 2.